The molecule has 0 spiro atoms. The van der Waals surface area contributed by atoms with Gasteiger partial charge in [0.05, 0.1) is 11.0 Å². The Balaban J connectivity index is 2.07. The van der Waals surface area contributed by atoms with Gasteiger partial charge in [0.2, 0.25) is 0 Å². The summed E-state index contributed by atoms with van der Waals surface area (Å²) in [4.78, 5) is 10.1. The number of non-ortho nitro benzene ring substituents is 1. The molecule has 2 aromatic carbocycles. The van der Waals surface area contributed by atoms with Gasteiger partial charge in [0.1, 0.15) is 18.2 Å². The van der Waals surface area contributed by atoms with E-state index in [2.05, 4.69) is 13.8 Å². The Hall–Kier alpha value is -2.43. The van der Waals surface area contributed by atoms with Crippen molar-refractivity contribution in [3.8, 4) is 5.75 Å². The van der Waals surface area contributed by atoms with Crippen molar-refractivity contribution in [2.24, 2.45) is 0 Å². The Bertz CT molecular complexity index is 638. The van der Waals surface area contributed by atoms with E-state index in [1.807, 2.05) is 24.3 Å². The Labute approximate surface area is 122 Å². The molecule has 110 valence electrons. The number of halogens is 1. The van der Waals surface area contributed by atoms with Crippen LogP contribution in [0.2, 0.25) is 0 Å². The average molecular weight is 289 g/mol. The fourth-order valence-electron chi connectivity index (χ4n) is 1.94. The molecule has 0 unspecified atom stereocenters. The predicted octanol–water partition coefficient (Wildman–Crippen LogP) is 4.44. The molecule has 0 bridgehead atoms. The lowest BCUT2D eigenvalue weighted by Crippen LogP contribution is -1.98. The zero-order valence-electron chi connectivity index (χ0n) is 11.9. The van der Waals surface area contributed by atoms with Crippen LogP contribution in [0.1, 0.15) is 30.9 Å². The molecular formula is C16H16FNO3. The second-order valence-corrected chi connectivity index (χ2v) is 5.09. The molecule has 0 aromatic heterocycles. The third-order valence-electron chi connectivity index (χ3n) is 3.11. The topological polar surface area (TPSA) is 52.4 Å². The number of ether oxygens (including phenoxy) is 1. The van der Waals surface area contributed by atoms with Crippen LogP contribution in [0, 0.1) is 15.9 Å². The van der Waals surface area contributed by atoms with Gasteiger partial charge in [-0.3, -0.25) is 10.1 Å². The van der Waals surface area contributed by atoms with Crippen molar-refractivity contribution >= 4 is 5.69 Å². The minimum Gasteiger partial charge on any atom is -0.489 e. The summed E-state index contributed by atoms with van der Waals surface area (Å²) in [7, 11) is 0. The fraction of sp³-hybridized carbons (Fsp3) is 0.250. The summed E-state index contributed by atoms with van der Waals surface area (Å²) in [5.41, 5.74) is 1.35. The van der Waals surface area contributed by atoms with Gasteiger partial charge in [-0.2, -0.15) is 0 Å². The molecule has 0 N–H and O–H groups in total. The van der Waals surface area contributed by atoms with E-state index in [-0.39, 0.29) is 12.3 Å². The van der Waals surface area contributed by atoms with Crippen LogP contribution < -0.4 is 4.74 Å². The molecule has 21 heavy (non-hydrogen) atoms. The van der Waals surface area contributed by atoms with Crippen LogP contribution in [0.25, 0.3) is 0 Å². The molecule has 0 aliphatic carbocycles. The molecule has 0 saturated carbocycles. The van der Waals surface area contributed by atoms with Gasteiger partial charge in [-0.1, -0.05) is 26.0 Å². The lowest BCUT2D eigenvalue weighted by atomic mass is 10.0. The second kappa shape index (κ2) is 6.35. The van der Waals surface area contributed by atoms with Gasteiger partial charge in [0.25, 0.3) is 5.69 Å². The first-order valence-electron chi connectivity index (χ1n) is 6.62. The van der Waals surface area contributed by atoms with Crippen LogP contribution in [-0.4, -0.2) is 4.92 Å². The summed E-state index contributed by atoms with van der Waals surface area (Å²) in [5.74, 6) is 0.439. The molecule has 0 aliphatic rings. The molecule has 0 aliphatic heterocycles. The molecule has 0 amide bonds. The number of rotatable bonds is 5. The van der Waals surface area contributed by atoms with Gasteiger partial charge < -0.3 is 4.74 Å². The molecule has 2 rings (SSSR count). The summed E-state index contributed by atoms with van der Waals surface area (Å²) in [6.07, 6.45) is 0. The summed E-state index contributed by atoms with van der Waals surface area (Å²) in [6.45, 7) is 4.28. The van der Waals surface area contributed by atoms with Gasteiger partial charge >= 0.3 is 0 Å². The third kappa shape index (κ3) is 4.02. The highest BCUT2D eigenvalue weighted by Crippen LogP contribution is 2.21. The van der Waals surface area contributed by atoms with E-state index in [1.165, 1.54) is 17.7 Å². The van der Waals surface area contributed by atoms with Crippen molar-refractivity contribution in [1.29, 1.82) is 0 Å². The van der Waals surface area contributed by atoms with E-state index < -0.39 is 10.7 Å². The van der Waals surface area contributed by atoms with Gasteiger partial charge in [0, 0.05) is 6.07 Å². The standard InChI is InChI=1S/C16H16FNO3/c1-11(2)13-3-5-16(6-4-13)21-10-12-7-14(17)9-15(8-12)18(19)20/h3-9,11H,10H2,1-2H3. The minimum atomic E-state index is -0.641. The van der Waals surface area contributed by atoms with Crippen LogP contribution in [0.4, 0.5) is 10.1 Å². The molecule has 0 heterocycles. The molecule has 0 fully saturated rings. The largest absolute Gasteiger partial charge is 0.489 e. The van der Waals surface area contributed by atoms with Crippen LogP contribution in [0.15, 0.2) is 42.5 Å². The van der Waals surface area contributed by atoms with E-state index in [9.17, 15) is 14.5 Å². The Kier molecular flexibility index (Phi) is 4.52. The molecule has 0 saturated heterocycles. The Morgan fingerprint density at radius 3 is 2.43 bits per heavy atom. The first-order valence-corrected chi connectivity index (χ1v) is 6.62. The molecule has 4 nitrogen and oxygen atoms in total. The number of hydrogen-bond donors (Lipinski definition) is 0. The van der Waals surface area contributed by atoms with E-state index in [0.717, 1.165) is 6.07 Å². The van der Waals surface area contributed by atoms with Crippen molar-refractivity contribution in [2.45, 2.75) is 26.4 Å². The number of nitrogens with zero attached hydrogens (tertiary/aromatic N) is 1. The van der Waals surface area contributed by atoms with Gasteiger partial charge in [-0.25, -0.2) is 4.39 Å². The van der Waals surface area contributed by atoms with Crippen LogP contribution >= 0.6 is 0 Å². The van der Waals surface area contributed by atoms with E-state index in [0.29, 0.717) is 17.2 Å². The highest BCUT2D eigenvalue weighted by atomic mass is 19.1. The minimum absolute atomic E-state index is 0.0830. The van der Waals surface area contributed by atoms with Crippen LogP contribution in [0.3, 0.4) is 0 Å². The van der Waals surface area contributed by atoms with Gasteiger partial charge in [0.15, 0.2) is 0 Å². The van der Waals surface area contributed by atoms with Crippen molar-refractivity contribution in [3.05, 3.63) is 69.5 Å². The molecule has 2 aromatic rings. The number of benzene rings is 2. The Morgan fingerprint density at radius 2 is 1.86 bits per heavy atom. The van der Waals surface area contributed by atoms with Crippen molar-refractivity contribution < 1.29 is 14.1 Å². The average Bonchev–Trinajstić information content (AvgIpc) is 2.45. The maximum atomic E-state index is 13.3. The van der Waals surface area contributed by atoms with Gasteiger partial charge in [-0.05, 0) is 35.2 Å². The maximum absolute atomic E-state index is 13.3. The molecule has 0 radical (unpaired) electrons. The monoisotopic (exact) mass is 289 g/mol. The predicted molar refractivity (Wildman–Crippen MR) is 77.9 cm³/mol. The quantitative estimate of drug-likeness (QED) is 0.604. The normalized spacial score (nSPS) is 10.7. The summed E-state index contributed by atoms with van der Waals surface area (Å²) >= 11 is 0. The van der Waals surface area contributed by atoms with Crippen LogP contribution in [0.5, 0.6) is 5.75 Å². The van der Waals surface area contributed by atoms with Crippen molar-refractivity contribution in [3.63, 3.8) is 0 Å². The number of hydrogen-bond acceptors (Lipinski definition) is 3. The molecule has 5 heteroatoms. The van der Waals surface area contributed by atoms with E-state index in [1.54, 1.807) is 0 Å². The van der Waals surface area contributed by atoms with E-state index >= 15 is 0 Å². The van der Waals surface area contributed by atoms with E-state index in [4.69, 9.17) is 4.74 Å². The third-order valence-corrected chi connectivity index (χ3v) is 3.11. The molecule has 0 atom stereocenters. The first-order chi connectivity index (χ1) is 9.95. The summed E-state index contributed by atoms with van der Waals surface area (Å²) in [5, 5.41) is 10.7. The summed E-state index contributed by atoms with van der Waals surface area (Å²) < 4.78 is 18.8. The first kappa shape index (κ1) is 15.0. The smallest absolute Gasteiger partial charge is 0.272 e. The SMILES string of the molecule is CC(C)c1ccc(OCc2cc(F)cc([N+](=O)[O-])c2)cc1. The fourth-order valence-corrected chi connectivity index (χ4v) is 1.94. The lowest BCUT2D eigenvalue weighted by molar-refractivity contribution is -0.385. The Morgan fingerprint density at radius 1 is 1.19 bits per heavy atom. The lowest BCUT2D eigenvalue weighted by Gasteiger charge is -2.09. The maximum Gasteiger partial charge on any atom is 0.272 e. The van der Waals surface area contributed by atoms with Crippen molar-refractivity contribution in [2.75, 3.05) is 0 Å². The number of nitro groups is 1. The zero-order chi connectivity index (χ0) is 15.4. The zero-order valence-corrected chi connectivity index (χ0v) is 11.9. The van der Waals surface area contributed by atoms with Crippen LogP contribution in [-0.2, 0) is 6.61 Å². The summed E-state index contributed by atoms with van der Waals surface area (Å²) in [6, 6.07) is 11.0. The highest BCUT2D eigenvalue weighted by Gasteiger charge is 2.10. The van der Waals surface area contributed by atoms with Crippen molar-refractivity contribution in [1.82, 2.24) is 0 Å². The molecular weight excluding hydrogens is 273 g/mol. The second-order valence-electron chi connectivity index (χ2n) is 5.09. The van der Waals surface area contributed by atoms with Gasteiger partial charge in [-0.15, -0.1) is 0 Å². The number of nitro benzene ring substituents is 1. The highest BCUT2D eigenvalue weighted by molar-refractivity contribution is 5.35.